The lowest BCUT2D eigenvalue weighted by molar-refractivity contribution is -0.904. The van der Waals surface area contributed by atoms with Gasteiger partial charge in [-0.25, -0.2) is 13.1 Å². The van der Waals surface area contributed by atoms with Crippen molar-refractivity contribution in [2.45, 2.75) is 11.4 Å². The van der Waals surface area contributed by atoms with E-state index < -0.39 is 10.0 Å². The van der Waals surface area contributed by atoms with Crippen molar-refractivity contribution < 1.29 is 23.1 Å². The number of aromatic nitrogens is 1. The molecule has 27 heavy (non-hydrogen) atoms. The molecule has 0 bridgehead atoms. The fourth-order valence-corrected chi connectivity index (χ4v) is 3.41. The van der Waals surface area contributed by atoms with E-state index in [4.69, 9.17) is 0 Å². The first-order valence-electron chi connectivity index (χ1n) is 8.10. The molecule has 0 fully saturated rings. The van der Waals surface area contributed by atoms with Crippen molar-refractivity contribution in [2.24, 2.45) is 0 Å². The molecule has 0 radical (unpaired) electrons. The number of rotatable bonds is 6. The van der Waals surface area contributed by atoms with E-state index in [1.807, 2.05) is 0 Å². The monoisotopic (exact) mass is 384 g/mol. The second-order valence-electron chi connectivity index (χ2n) is 5.76. The first-order chi connectivity index (χ1) is 12.9. The summed E-state index contributed by atoms with van der Waals surface area (Å²) in [5.41, 5.74) is 1.58. The number of nitrogens with one attached hydrogen (secondary N) is 2. The molecule has 3 N–H and O–H groups in total. The average Bonchev–Trinajstić information content (AvgIpc) is 2.67. The number of benzene rings is 2. The summed E-state index contributed by atoms with van der Waals surface area (Å²) >= 11 is 0. The van der Waals surface area contributed by atoms with E-state index in [0.717, 1.165) is 10.3 Å². The van der Waals surface area contributed by atoms with Gasteiger partial charge in [0.25, 0.3) is 5.91 Å². The van der Waals surface area contributed by atoms with Crippen LogP contribution in [0.1, 0.15) is 15.9 Å². The van der Waals surface area contributed by atoms with Crippen LogP contribution in [0.4, 0.5) is 5.69 Å². The van der Waals surface area contributed by atoms with Gasteiger partial charge in [-0.2, -0.15) is 0 Å². The second kappa shape index (κ2) is 7.98. The normalized spacial score (nSPS) is 11.1. The number of pyridine rings is 1. The van der Waals surface area contributed by atoms with Crippen molar-refractivity contribution in [2.75, 3.05) is 5.32 Å². The molecule has 0 unspecified atom stereocenters. The van der Waals surface area contributed by atoms with E-state index in [1.54, 1.807) is 54.6 Å². The number of carbonyl (C=O) groups excluding carboxylic acids is 1. The Morgan fingerprint density at radius 2 is 1.67 bits per heavy atom. The molecule has 3 rings (SSSR count). The maximum absolute atomic E-state index is 12.2. The Hall–Kier alpha value is -3.23. The fraction of sp³-hybridized carbons (Fsp3) is 0.0526. The van der Waals surface area contributed by atoms with E-state index in [1.165, 1.54) is 24.5 Å². The van der Waals surface area contributed by atoms with Crippen LogP contribution in [-0.2, 0) is 16.6 Å². The number of carbonyl (C=O) groups is 1. The van der Waals surface area contributed by atoms with E-state index in [-0.39, 0.29) is 17.3 Å². The Labute approximate surface area is 156 Å². The molecule has 0 aliphatic heterocycles. The summed E-state index contributed by atoms with van der Waals surface area (Å²) in [7, 11) is -3.58. The topological polar surface area (TPSA) is 99.4 Å². The summed E-state index contributed by atoms with van der Waals surface area (Å²) in [6.45, 7) is 0.113. The van der Waals surface area contributed by atoms with Crippen LogP contribution in [0, 0.1) is 0 Å². The van der Waals surface area contributed by atoms with Crippen molar-refractivity contribution in [1.82, 2.24) is 4.72 Å². The summed E-state index contributed by atoms with van der Waals surface area (Å²) < 4.78 is 27.8. The van der Waals surface area contributed by atoms with Crippen molar-refractivity contribution >= 4 is 21.6 Å². The van der Waals surface area contributed by atoms with Crippen molar-refractivity contribution in [1.29, 1.82) is 0 Å². The fourth-order valence-electron chi connectivity index (χ4n) is 2.38. The van der Waals surface area contributed by atoms with Gasteiger partial charge in [-0.1, -0.05) is 30.3 Å². The van der Waals surface area contributed by atoms with E-state index in [0.29, 0.717) is 11.3 Å². The average molecular weight is 384 g/mol. The van der Waals surface area contributed by atoms with Crippen LogP contribution in [0.2, 0.25) is 0 Å². The number of amides is 1. The van der Waals surface area contributed by atoms with E-state index in [2.05, 4.69) is 10.0 Å². The molecule has 0 saturated carbocycles. The van der Waals surface area contributed by atoms with Gasteiger partial charge < -0.3 is 5.32 Å². The Morgan fingerprint density at radius 1 is 0.963 bits per heavy atom. The highest BCUT2D eigenvalue weighted by Crippen LogP contribution is 2.11. The molecule has 0 aliphatic carbocycles. The van der Waals surface area contributed by atoms with Crippen molar-refractivity contribution in [3.05, 3.63) is 90.3 Å². The summed E-state index contributed by atoms with van der Waals surface area (Å²) in [6, 6.07) is 17.9. The molecular weight excluding hydrogens is 366 g/mol. The van der Waals surface area contributed by atoms with Crippen LogP contribution in [0.5, 0.6) is 0 Å². The molecule has 7 nitrogen and oxygen atoms in total. The first kappa shape index (κ1) is 18.6. The third-order valence-corrected chi connectivity index (χ3v) is 5.20. The SMILES string of the molecule is O=C(Nc1ccc[n+](O)c1)c1ccc(CNS(=O)(=O)c2ccccc2)cc1. The van der Waals surface area contributed by atoms with Crippen LogP contribution in [0.25, 0.3) is 0 Å². The van der Waals surface area contributed by atoms with Gasteiger partial charge in [0.15, 0.2) is 0 Å². The van der Waals surface area contributed by atoms with Crippen LogP contribution in [-0.4, -0.2) is 19.5 Å². The number of hydrogen-bond acceptors (Lipinski definition) is 4. The molecule has 1 aromatic heterocycles. The molecule has 0 saturated heterocycles. The number of sulfonamides is 1. The minimum Gasteiger partial charge on any atom is -0.317 e. The van der Waals surface area contributed by atoms with E-state index in [9.17, 15) is 18.4 Å². The van der Waals surface area contributed by atoms with Gasteiger partial charge in [-0.15, -0.1) is 0 Å². The molecule has 138 valence electrons. The molecule has 8 heteroatoms. The predicted octanol–water partition coefficient (Wildman–Crippen LogP) is 1.94. The minimum atomic E-state index is -3.58. The zero-order valence-electron chi connectivity index (χ0n) is 14.2. The van der Waals surface area contributed by atoms with Gasteiger partial charge in [0, 0.05) is 22.9 Å². The third kappa shape index (κ3) is 4.90. The van der Waals surface area contributed by atoms with Crippen LogP contribution in [0.15, 0.2) is 84.0 Å². The Bertz CT molecular complexity index is 1040. The quantitative estimate of drug-likeness (QED) is 0.447. The highest BCUT2D eigenvalue weighted by Gasteiger charge is 2.13. The number of hydrogen-bond donors (Lipinski definition) is 3. The van der Waals surface area contributed by atoms with Gasteiger partial charge in [-0.05, 0) is 35.9 Å². The Balaban J connectivity index is 1.62. The number of anilines is 1. The van der Waals surface area contributed by atoms with Gasteiger partial charge in [0.1, 0.15) is 5.69 Å². The summed E-state index contributed by atoms with van der Waals surface area (Å²) in [4.78, 5) is 12.4. The van der Waals surface area contributed by atoms with E-state index >= 15 is 0 Å². The highest BCUT2D eigenvalue weighted by atomic mass is 32.2. The molecule has 1 amide bonds. The molecule has 0 spiro atoms. The van der Waals surface area contributed by atoms with Crippen LogP contribution >= 0.6 is 0 Å². The second-order valence-corrected chi connectivity index (χ2v) is 7.53. The molecule has 3 aromatic rings. The smallest absolute Gasteiger partial charge is 0.255 e. The predicted molar refractivity (Wildman–Crippen MR) is 98.7 cm³/mol. The molecule has 0 atom stereocenters. The Kier molecular flexibility index (Phi) is 5.49. The van der Waals surface area contributed by atoms with Gasteiger partial charge in [0.05, 0.1) is 4.90 Å². The third-order valence-electron chi connectivity index (χ3n) is 3.78. The Morgan fingerprint density at radius 3 is 2.33 bits per heavy atom. The van der Waals surface area contributed by atoms with Crippen LogP contribution in [0.3, 0.4) is 0 Å². The molecule has 1 heterocycles. The lowest BCUT2D eigenvalue weighted by Crippen LogP contribution is -2.29. The van der Waals surface area contributed by atoms with Gasteiger partial charge in [-0.3, -0.25) is 10.0 Å². The summed E-state index contributed by atoms with van der Waals surface area (Å²) in [6.07, 6.45) is 2.80. The maximum Gasteiger partial charge on any atom is 0.255 e. The van der Waals surface area contributed by atoms with Crippen LogP contribution < -0.4 is 14.8 Å². The summed E-state index contributed by atoms with van der Waals surface area (Å²) in [5, 5.41) is 12.0. The molecular formula is C19H18N3O4S+. The minimum absolute atomic E-state index is 0.113. The molecule has 2 aromatic carbocycles. The van der Waals surface area contributed by atoms with Crippen molar-refractivity contribution in [3.63, 3.8) is 0 Å². The molecule has 0 aliphatic rings. The van der Waals surface area contributed by atoms with Crippen molar-refractivity contribution in [3.8, 4) is 0 Å². The largest absolute Gasteiger partial charge is 0.317 e. The van der Waals surface area contributed by atoms with Gasteiger partial charge >= 0.3 is 0 Å². The summed E-state index contributed by atoms with van der Waals surface area (Å²) in [5.74, 6) is -0.336. The lowest BCUT2D eigenvalue weighted by atomic mass is 10.1. The standard InChI is InChI=1S/C19H17N3O4S/c23-19(21-17-5-4-12-22(24)14-17)16-10-8-15(9-11-16)13-20-27(25,26)18-6-2-1-3-7-18/h1-12,14,20H,13H2,(H-,21,23,24)/p+1. The zero-order valence-corrected chi connectivity index (χ0v) is 15.1. The van der Waals surface area contributed by atoms with Gasteiger partial charge in [0.2, 0.25) is 22.4 Å². The highest BCUT2D eigenvalue weighted by molar-refractivity contribution is 7.89. The zero-order chi connectivity index (χ0) is 19.3. The first-order valence-corrected chi connectivity index (χ1v) is 9.58. The number of nitrogens with zero attached hydrogens (tertiary/aromatic N) is 1. The maximum atomic E-state index is 12.2. The lowest BCUT2D eigenvalue weighted by Gasteiger charge is -2.08.